The Kier molecular flexibility index (Phi) is 4.16. The lowest BCUT2D eigenvalue weighted by Gasteiger charge is -2.29. The van der Waals surface area contributed by atoms with Gasteiger partial charge in [-0.1, -0.05) is 13.0 Å². The summed E-state index contributed by atoms with van der Waals surface area (Å²) in [6, 6.07) is 3.59. The Morgan fingerprint density at radius 3 is 2.62 bits per heavy atom. The van der Waals surface area contributed by atoms with Gasteiger partial charge in [-0.15, -0.1) is 0 Å². The van der Waals surface area contributed by atoms with Crippen molar-refractivity contribution in [2.24, 2.45) is 0 Å². The van der Waals surface area contributed by atoms with E-state index in [1.807, 2.05) is 13.8 Å². The van der Waals surface area contributed by atoms with Crippen molar-refractivity contribution in [1.29, 1.82) is 0 Å². The fourth-order valence-electron chi connectivity index (χ4n) is 2.98. The third-order valence-corrected chi connectivity index (χ3v) is 4.13. The Morgan fingerprint density at radius 2 is 2.05 bits per heavy atom. The van der Waals surface area contributed by atoms with Crippen LogP contribution >= 0.6 is 0 Å². The third kappa shape index (κ3) is 2.84. The van der Waals surface area contributed by atoms with Crippen LogP contribution in [-0.2, 0) is 6.18 Å². The molecule has 1 saturated heterocycles. The molecule has 1 aliphatic rings. The average Bonchev–Trinajstić information content (AvgIpc) is 2.78. The van der Waals surface area contributed by atoms with Crippen LogP contribution in [0.5, 0.6) is 0 Å². The van der Waals surface area contributed by atoms with E-state index in [2.05, 4.69) is 0 Å². The Morgan fingerprint density at radius 1 is 1.38 bits per heavy atom. The summed E-state index contributed by atoms with van der Waals surface area (Å²) < 4.78 is 38.7. The van der Waals surface area contributed by atoms with E-state index in [0.717, 1.165) is 25.3 Å². The van der Waals surface area contributed by atoms with Crippen LogP contribution in [0.2, 0.25) is 0 Å². The molecule has 21 heavy (non-hydrogen) atoms. The van der Waals surface area contributed by atoms with Crippen molar-refractivity contribution >= 4 is 11.6 Å². The minimum atomic E-state index is -4.55. The third-order valence-electron chi connectivity index (χ3n) is 4.13. The molecule has 3 nitrogen and oxygen atoms in total. The number of amides is 1. The first-order chi connectivity index (χ1) is 9.77. The van der Waals surface area contributed by atoms with Crippen LogP contribution in [0.15, 0.2) is 18.2 Å². The van der Waals surface area contributed by atoms with E-state index >= 15 is 0 Å². The van der Waals surface area contributed by atoms with Gasteiger partial charge in [-0.2, -0.15) is 13.2 Å². The van der Waals surface area contributed by atoms with Crippen LogP contribution < -0.4 is 5.73 Å². The molecule has 116 valence electrons. The number of likely N-dealkylation sites (tertiary alicyclic amines) is 1. The first kappa shape index (κ1) is 15.7. The van der Waals surface area contributed by atoms with E-state index in [1.165, 1.54) is 12.1 Å². The molecule has 1 fully saturated rings. The van der Waals surface area contributed by atoms with Crippen molar-refractivity contribution in [1.82, 2.24) is 4.90 Å². The molecule has 1 aromatic rings. The number of anilines is 1. The molecule has 1 heterocycles. The molecule has 2 rings (SSSR count). The van der Waals surface area contributed by atoms with Crippen molar-refractivity contribution < 1.29 is 18.0 Å². The Labute approximate surface area is 121 Å². The summed E-state index contributed by atoms with van der Waals surface area (Å²) >= 11 is 0. The van der Waals surface area contributed by atoms with E-state index in [-0.39, 0.29) is 17.6 Å². The molecule has 1 amide bonds. The van der Waals surface area contributed by atoms with Gasteiger partial charge in [0.2, 0.25) is 0 Å². The summed E-state index contributed by atoms with van der Waals surface area (Å²) in [4.78, 5) is 14.3. The summed E-state index contributed by atoms with van der Waals surface area (Å²) in [6.07, 6.45) is -2.03. The summed E-state index contributed by atoms with van der Waals surface area (Å²) in [5, 5.41) is 0. The zero-order chi connectivity index (χ0) is 15.8. The van der Waals surface area contributed by atoms with Crippen LogP contribution in [0.3, 0.4) is 0 Å². The molecule has 2 N–H and O–H groups in total. The van der Waals surface area contributed by atoms with Gasteiger partial charge in [0.1, 0.15) is 0 Å². The monoisotopic (exact) mass is 300 g/mol. The normalized spacial score (nSPS) is 22.6. The predicted molar refractivity (Wildman–Crippen MR) is 74.8 cm³/mol. The number of para-hydroxylation sites is 1. The number of hydrogen-bond acceptors (Lipinski definition) is 2. The molecule has 6 heteroatoms. The van der Waals surface area contributed by atoms with Crippen LogP contribution in [0.1, 0.15) is 49.0 Å². The van der Waals surface area contributed by atoms with Gasteiger partial charge in [0.25, 0.3) is 5.91 Å². The number of halogens is 3. The Hall–Kier alpha value is -1.72. The highest BCUT2D eigenvalue weighted by atomic mass is 19.4. The number of benzene rings is 1. The zero-order valence-corrected chi connectivity index (χ0v) is 12.1. The molecule has 0 aliphatic carbocycles. The van der Waals surface area contributed by atoms with Gasteiger partial charge in [-0.3, -0.25) is 4.79 Å². The van der Waals surface area contributed by atoms with Crippen LogP contribution in [0.25, 0.3) is 0 Å². The number of alkyl halides is 3. The maximum atomic E-state index is 12.9. The first-order valence-corrected chi connectivity index (χ1v) is 7.05. The lowest BCUT2D eigenvalue weighted by Crippen LogP contribution is -2.40. The highest BCUT2D eigenvalue weighted by Gasteiger charge is 2.38. The SMILES string of the molecule is CCC1CCC(C)N1C(=O)c1cccc(C(F)(F)F)c1N. The molecule has 1 aromatic carbocycles. The minimum Gasteiger partial charge on any atom is -0.398 e. The summed E-state index contributed by atoms with van der Waals surface area (Å²) in [6.45, 7) is 3.88. The second-order valence-corrected chi connectivity index (χ2v) is 5.47. The highest BCUT2D eigenvalue weighted by Crippen LogP contribution is 2.36. The van der Waals surface area contributed by atoms with Crippen molar-refractivity contribution in [3.05, 3.63) is 29.3 Å². The van der Waals surface area contributed by atoms with Gasteiger partial charge in [-0.25, -0.2) is 0 Å². The van der Waals surface area contributed by atoms with Gasteiger partial charge in [0.05, 0.1) is 16.8 Å². The number of carbonyl (C=O) groups is 1. The van der Waals surface area contributed by atoms with Crippen LogP contribution in [0.4, 0.5) is 18.9 Å². The number of nitrogens with two attached hydrogens (primary N) is 1. The van der Waals surface area contributed by atoms with E-state index in [9.17, 15) is 18.0 Å². The van der Waals surface area contributed by atoms with E-state index in [1.54, 1.807) is 4.90 Å². The molecule has 1 aliphatic heterocycles. The molecule has 0 bridgehead atoms. The molecule has 2 atom stereocenters. The summed E-state index contributed by atoms with van der Waals surface area (Å²) in [5.74, 6) is -0.407. The topological polar surface area (TPSA) is 46.3 Å². The minimum absolute atomic E-state index is 0.0244. The standard InChI is InChI=1S/C15H19F3N2O/c1-3-10-8-7-9(2)20(10)14(21)11-5-4-6-12(13(11)19)15(16,17)18/h4-6,9-10H,3,7-8,19H2,1-2H3. The highest BCUT2D eigenvalue weighted by molar-refractivity contribution is 6.00. The van der Waals surface area contributed by atoms with Crippen molar-refractivity contribution in [2.45, 2.75) is 51.4 Å². The number of nitrogens with zero attached hydrogens (tertiary/aromatic N) is 1. The van der Waals surface area contributed by atoms with Gasteiger partial charge in [0, 0.05) is 12.1 Å². The average molecular weight is 300 g/mol. The fourth-order valence-corrected chi connectivity index (χ4v) is 2.98. The van der Waals surface area contributed by atoms with Crippen molar-refractivity contribution in [2.75, 3.05) is 5.73 Å². The van der Waals surface area contributed by atoms with Gasteiger partial charge in [0.15, 0.2) is 0 Å². The molecular weight excluding hydrogens is 281 g/mol. The molecule has 0 spiro atoms. The molecular formula is C15H19F3N2O. The van der Waals surface area contributed by atoms with Crippen molar-refractivity contribution in [3.63, 3.8) is 0 Å². The second kappa shape index (κ2) is 5.58. The lowest BCUT2D eigenvalue weighted by atomic mass is 10.0. The number of rotatable bonds is 2. The largest absolute Gasteiger partial charge is 0.418 e. The van der Waals surface area contributed by atoms with Gasteiger partial charge >= 0.3 is 6.18 Å². The van der Waals surface area contributed by atoms with E-state index in [0.29, 0.717) is 0 Å². The van der Waals surface area contributed by atoms with Crippen LogP contribution in [-0.4, -0.2) is 22.9 Å². The first-order valence-electron chi connectivity index (χ1n) is 7.05. The molecule has 2 unspecified atom stereocenters. The van der Waals surface area contributed by atoms with Gasteiger partial charge in [-0.05, 0) is 38.3 Å². The summed E-state index contributed by atoms with van der Waals surface area (Å²) in [5.41, 5.74) is 4.11. The van der Waals surface area contributed by atoms with Crippen molar-refractivity contribution in [3.8, 4) is 0 Å². The quantitative estimate of drug-likeness (QED) is 0.847. The number of carbonyl (C=O) groups excluding carboxylic acids is 1. The van der Waals surface area contributed by atoms with Gasteiger partial charge < -0.3 is 10.6 Å². The number of nitrogen functional groups attached to an aromatic ring is 1. The Bertz CT molecular complexity index is 542. The zero-order valence-electron chi connectivity index (χ0n) is 12.1. The molecule has 0 aromatic heterocycles. The summed E-state index contributed by atoms with van der Waals surface area (Å²) in [7, 11) is 0. The smallest absolute Gasteiger partial charge is 0.398 e. The van der Waals surface area contributed by atoms with Crippen LogP contribution in [0, 0.1) is 0 Å². The maximum Gasteiger partial charge on any atom is 0.418 e. The van der Waals surface area contributed by atoms with E-state index < -0.39 is 23.3 Å². The Balaban J connectivity index is 2.40. The van der Waals surface area contributed by atoms with E-state index in [4.69, 9.17) is 5.73 Å². The number of hydrogen-bond donors (Lipinski definition) is 1. The second-order valence-electron chi connectivity index (χ2n) is 5.47. The fraction of sp³-hybridized carbons (Fsp3) is 0.533. The predicted octanol–water partition coefficient (Wildman–Crippen LogP) is 3.69. The molecule has 0 radical (unpaired) electrons. The maximum absolute atomic E-state index is 12.9. The lowest BCUT2D eigenvalue weighted by molar-refractivity contribution is -0.136. The molecule has 0 saturated carbocycles.